The lowest BCUT2D eigenvalue weighted by molar-refractivity contribution is 0.0925. The zero-order valence-corrected chi connectivity index (χ0v) is 13.2. The molecule has 0 aliphatic rings. The molecule has 0 spiro atoms. The second-order valence-corrected chi connectivity index (χ2v) is 5.90. The van der Waals surface area contributed by atoms with Crippen molar-refractivity contribution in [2.45, 2.75) is 41.5 Å². The van der Waals surface area contributed by atoms with Crippen molar-refractivity contribution in [3.63, 3.8) is 0 Å². The first-order valence-corrected chi connectivity index (χ1v) is 7.18. The number of nitrogens with zero attached hydrogens (tertiary/aromatic N) is 1. The Morgan fingerprint density at radius 3 is 2.21 bits per heavy atom. The summed E-state index contributed by atoms with van der Waals surface area (Å²) in [5, 5.41) is 0. The summed E-state index contributed by atoms with van der Waals surface area (Å²) in [5.41, 5.74) is 4.42. The van der Waals surface area contributed by atoms with E-state index in [1.807, 2.05) is 13.0 Å². The molecule has 0 aromatic heterocycles. The van der Waals surface area contributed by atoms with Crippen molar-refractivity contribution in [3.8, 4) is 0 Å². The maximum absolute atomic E-state index is 12.4. The van der Waals surface area contributed by atoms with Gasteiger partial charge in [0, 0.05) is 12.1 Å². The van der Waals surface area contributed by atoms with Gasteiger partial charge in [0.25, 0.3) is 0 Å². The molecule has 1 aromatic carbocycles. The zero-order chi connectivity index (χ0) is 14.6. The molecule has 0 radical (unpaired) electrons. The first-order valence-electron chi connectivity index (χ1n) is 7.18. The molecular weight excluding hydrogens is 234 g/mol. The fraction of sp³-hybridized carbons (Fsp3) is 0.588. The van der Waals surface area contributed by atoms with E-state index in [0.717, 1.165) is 24.2 Å². The van der Waals surface area contributed by atoms with Gasteiger partial charge < -0.3 is 0 Å². The summed E-state index contributed by atoms with van der Waals surface area (Å²) >= 11 is 0. The molecule has 0 fully saturated rings. The number of hydrogen-bond acceptors (Lipinski definition) is 2. The highest BCUT2D eigenvalue weighted by Crippen LogP contribution is 2.16. The van der Waals surface area contributed by atoms with Crippen molar-refractivity contribution in [3.05, 3.63) is 34.4 Å². The number of Topliss-reactive ketones (excluding diaryl/α,β-unsaturated/α-hetero) is 1. The van der Waals surface area contributed by atoms with Crippen LogP contribution >= 0.6 is 0 Å². The summed E-state index contributed by atoms with van der Waals surface area (Å²) < 4.78 is 0. The van der Waals surface area contributed by atoms with E-state index < -0.39 is 0 Å². The Labute approximate surface area is 117 Å². The van der Waals surface area contributed by atoms with Gasteiger partial charge in [-0.05, 0) is 56.0 Å². The number of likely N-dealkylation sites (N-methyl/N-ethyl adjacent to an activating group) is 1. The van der Waals surface area contributed by atoms with Gasteiger partial charge in [-0.25, -0.2) is 0 Å². The minimum Gasteiger partial charge on any atom is -0.296 e. The van der Waals surface area contributed by atoms with Gasteiger partial charge in [0.15, 0.2) is 5.78 Å². The molecule has 0 atom stereocenters. The number of aryl methyl sites for hydroxylation is 3. The maximum Gasteiger partial charge on any atom is 0.177 e. The largest absolute Gasteiger partial charge is 0.296 e. The first kappa shape index (κ1) is 15.9. The van der Waals surface area contributed by atoms with Crippen LogP contribution in [0.5, 0.6) is 0 Å². The van der Waals surface area contributed by atoms with Crippen molar-refractivity contribution in [1.29, 1.82) is 0 Å². The Kier molecular flexibility index (Phi) is 5.74. The molecule has 0 unspecified atom stereocenters. The Bertz CT molecular complexity index is 449. The lowest BCUT2D eigenvalue weighted by Crippen LogP contribution is -2.33. The molecule has 19 heavy (non-hydrogen) atoms. The highest BCUT2D eigenvalue weighted by Gasteiger charge is 2.15. The van der Waals surface area contributed by atoms with E-state index in [1.54, 1.807) is 0 Å². The molecule has 106 valence electrons. The van der Waals surface area contributed by atoms with Crippen molar-refractivity contribution in [1.82, 2.24) is 4.90 Å². The molecule has 0 aliphatic carbocycles. The average molecular weight is 261 g/mol. The Morgan fingerprint density at radius 1 is 1.11 bits per heavy atom. The standard InChI is InChI=1S/C17H27NO/c1-7-18(10-12(2)3)11-17(19)16-9-14(5)13(4)8-15(16)6/h8-9,12H,7,10-11H2,1-6H3. The fourth-order valence-electron chi connectivity index (χ4n) is 2.37. The van der Waals surface area contributed by atoms with Crippen LogP contribution in [0.4, 0.5) is 0 Å². The molecule has 0 saturated heterocycles. The van der Waals surface area contributed by atoms with Gasteiger partial charge >= 0.3 is 0 Å². The van der Waals surface area contributed by atoms with Gasteiger partial charge in [-0.2, -0.15) is 0 Å². The lowest BCUT2D eigenvalue weighted by Gasteiger charge is -2.22. The van der Waals surface area contributed by atoms with Crippen molar-refractivity contribution in [2.75, 3.05) is 19.6 Å². The monoisotopic (exact) mass is 261 g/mol. The van der Waals surface area contributed by atoms with Crippen LogP contribution < -0.4 is 0 Å². The van der Waals surface area contributed by atoms with Gasteiger partial charge in [0.2, 0.25) is 0 Å². The van der Waals surface area contributed by atoms with Gasteiger partial charge in [-0.3, -0.25) is 9.69 Å². The van der Waals surface area contributed by atoms with E-state index in [9.17, 15) is 4.79 Å². The van der Waals surface area contributed by atoms with Crippen LogP contribution in [0, 0.1) is 26.7 Å². The third kappa shape index (κ3) is 4.46. The van der Waals surface area contributed by atoms with Crippen LogP contribution in [0.25, 0.3) is 0 Å². The van der Waals surface area contributed by atoms with E-state index in [2.05, 4.69) is 45.6 Å². The fourth-order valence-corrected chi connectivity index (χ4v) is 2.37. The lowest BCUT2D eigenvalue weighted by atomic mass is 9.98. The molecule has 2 nitrogen and oxygen atoms in total. The third-order valence-electron chi connectivity index (χ3n) is 3.58. The van der Waals surface area contributed by atoms with Crippen LogP contribution in [0.2, 0.25) is 0 Å². The Balaban J connectivity index is 2.85. The average Bonchev–Trinajstić information content (AvgIpc) is 2.32. The van der Waals surface area contributed by atoms with E-state index in [0.29, 0.717) is 12.5 Å². The number of rotatable bonds is 6. The number of benzene rings is 1. The SMILES string of the molecule is CCN(CC(=O)c1cc(C)c(C)cc1C)CC(C)C. The van der Waals surface area contributed by atoms with E-state index in [-0.39, 0.29) is 5.78 Å². The zero-order valence-electron chi connectivity index (χ0n) is 13.2. The summed E-state index contributed by atoms with van der Waals surface area (Å²) in [6.07, 6.45) is 0. The normalized spacial score (nSPS) is 11.4. The molecule has 0 saturated carbocycles. The number of ketones is 1. The number of hydrogen-bond donors (Lipinski definition) is 0. The quantitative estimate of drug-likeness (QED) is 0.726. The topological polar surface area (TPSA) is 20.3 Å². The summed E-state index contributed by atoms with van der Waals surface area (Å²) in [6, 6.07) is 4.15. The summed E-state index contributed by atoms with van der Waals surface area (Å²) in [7, 11) is 0. The smallest absolute Gasteiger partial charge is 0.177 e. The molecule has 1 rings (SSSR count). The Hall–Kier alpha value is -1.15. The molecule has 0 bridgehead atoms. The van der Waals surface area contributed by atoms with Crippen LogP contribution in [0.3, 0.4) is 0 Å². The Morgan fingerprint density at radius 2 is 1.68 bits per heavy atom. The maximum atomic E-state index is 12.4. The predicted octanol–water partition coefficient (Wildman–Crippen LogP) is 3.77. The highest BCUT2D eigenvalue weighted by atomic mass is 16.1. The van der Waals surface area contributed by atoms with E-state index >= 15 is 0 Å². The van der Waals surface area contributed by atoms with Gasteiger partial charge in [0.05, 0.1) is 6.54 Å². The minimum atomic E-state index is 0.239. The number of carbonyl (C=O) groups excluding carboxylic acids is 1. The molecule has 0 N–H and O–H groups in total. The van der Waals surface area contributed by atoms with E-state index in [1.165, 1.54) is 11.1 Å². The van der Waals surface area contributed by atoms with Crippen LogP contribution in [0.1, 0.15) is 47.8 Å². The molecular formula is C17H27NO. The minimum absolute atomic E-state index is 0.239. The van der Waals surface area contributed by atoms with Gasteiger partial charge in [-0.1, -0.05) is 26.8 Å². The van der Waals surface area contributed by atoms with Crippen molar-refractivity contribution in [2.24, 2.45) is 5.92 Å². The summed E-state index contributed by atoms with van der Waals surface area (Å²) in [5.74, 6) is 0.830. The second kappa shape index (κ2) is 6.85. The molecule has 2 heteroatoms. The number of carbonyl (C=O) groups is 1. The van der Waals surface area contributed by atoms with Gasteiger partial charge in [-0.15, -0.1) is 0 Å². The second-order valence-electron chi connectivity index (χ2n) is 5.90. The molecule has 0 heterocycles. The summed E-state index contributed by atoms with van der Waals surface area (Å²) in [6.45, 7) is 15.1. The van der Waals surface area contributed by atoms with Crippen LogP contribution in [0.15, 0.2) is 12.1 Å². The first-order chi connectivity index (χ1) is 8.85. The highest BCUT2D eigenvalue weighted by molar-refractivity contribution is 5.99. The summed E-state index contributed by atoms with van der Waals surface area (Å²) in [4.78, 5) is 14.7. The molecule has 1 aromatic rings. The van der Waals surface area contributed by atoms with Crippen molar-refractivity contribution < 1.29 is 4.79 Å². The molecule has 0 aliphatic heterocycles. The van der Waals surface area contributed by atoms with Gasteiger partial charge in [0.1, 0.15) is 0 Å². The van der Waals surface area contributed by atoms with Crippen LogP contribution in [-0.4, -0.2) is 30.3 Å². The van der Waals surface area contributed by atoms with Crippen molar-refractivity contribution >= 4 is 5.78 Å². The molecule has 0 amide bonds. The van der Waals surface area contributed by atoms with E-state index in [4.69, 9.17) is 0 Å². The predicted molar refractivity (Wildman–Crippen MR) is 81.9 cm³/mol. The third-order valence-corrected chi connectivity index (χ3v) is 3.58. The van der Waals surface area contributed by atoms with Crippen LogP contribution in [-0.2, 0) is 0 Å².